The van der Waals surface area contributed by atoms with Crippen molar-refractivity contribution in [3.8, 4) is 0 Å². The van der Waals surface area contributed by atoms with Crippen LogP contribution >= 0.6 is 0 Å². The molecule has 0 radical (unpaired) electrons. The van der Waals surface area contributed by atoms with Gasteiger partial charge in [0.2, 0.25) is 0 Å². The number of carbonyl (C=O) groups excluding carboxylic acids is 1. The van der Waals surface area contributed by atoms with Crippen molar-refractivity contribution >= 4 is 24.8 Å². The minimum absolute atomic E-state index is 0.248. The Kier molecular flexibility index (Phi) is 4.82. The molecule has 0 aliphatic carbocycles. The van der Waals surface area contributed by atoms with E-state index < -0.39 is 0 Å². The summed E-state index contributed by atoms with van der Waals surface area (Å²) in [7, 11) is 0. The summed E-state index contributed by atoms with van der Waals surface area (Å²) in [6.07, 6.45) is 0. The Morgan fingerprint density at radius 1 is 2.00 bits per heavy atom. The van der Waals surface area contributed by atoms with Crippen LogP contribution < -0.4 is 0 Å². The molecule has 2 heteroatoms. The van der Waals surface area contributed by atoms with Crippen LogP contribution in [0.4, 0.5) is 0 Å². The van der Waals surface area contributed by atoms with Gasteiger partial charge in [-0.25, -0.2) is 0 Å². The molecule has 0 saturated carbocycles. The zero-order chi connectivity index (χ0) is 4.12. The van der Waals surface area contributed by atoms with E-state index >= 15 is 0 Å². The van der Waals surface area contributed by atoms with Gasteiger partial charge in [-0.15, -0.1) is 4.55 Å². The smallest absolute Gasteiger partial charge is 0.340 e. The van der Waals surface area contributed by atoms with Crippen LogP contribution in [-0.2, 0) is 4.79 Å². The molecule has 0 aromatic rings. The molecule has 0 atom stereocenters. The van der Waals surface area contributed by atoms with E-state index in [-0.39, 0.29) is 20.4 Å². The van der Waals surface area contributed by atoms with Gasteiger partial charge in [0.05, 0.1) is 0 Å². The standard InChI is InChI=1S/C2H5.CHO.Mg/c2*1-2;/h1H2,2H3;1H;. The second-order valence-corrected chi connectivity index (χ2v) is 2.87. The van der Waals surface area contributed by atoms with E-state index in [0.29, 0.717) is 0 Å². The van der Waals surface area contributed by atoms with Gasteiger partial charge >= 0.3 is 20.4 Å². The Balaban J connectivity index is 2.40. The molecule has 0 unspecified atom stereocenters. The normalized spacial score (nSPS) is 5.80. The molecule has 0 aromatic heterocycles. The molecule has 0 rings (SSSR count). The minimum atomic E-state index is -0.248. The van der Waals surface area contributed by atoms with E-state index in [1.165, 1.54) is 0 Å². The molecule has 0 N–H and O–H groups in total. The van der Waals surface area contributed by atoms with Crippen LogP contribution in [0.2, 0.25) is 4.55 Å². The number of hydrogen-bond donors (Lipinski definition) is 0. The highest BCUT2D eigenvalue weighted by molar-refractivity contribution is 6.66. The highest BCUT2D eigenvalue weighted by Gasteiger charge is 1.80. The lowest BCUT2D eigenvalue weighted by Gasteiger charge is -1.61. The fourth-order valence-electron chi connectivity index (χ4n) is 0.118. The summed E-state index contributed by atoms with van der Waals surface area (Å²) in [5, 5.41) is 0. The summed E-state index contributed by atoms with van der Waals surface area (Å²) >= 11 is -0.248. The van der Waals surface area contributed by atoms with Gasteiger partial charge < -0.3 is 4.79 Å². The largest absolute Gasteiger partial charge is 0.462 e. The second kappa shape index (κ2) is 4.44. The lowest BCUT2D eigenvalue weighted by molar-refractivity contribution is 0.568. The van der Waals surface area contributed by atoms with E-state index in [2.05, 4.69) is 0 Å². The van der Waals surface area contributed by atoms with Crippen molar-refractivity contribution in [1.82, 2.24) is 0 Å². The Hall–Kier alpha value is 0.436. The van der Waals surface area contributed by atoms with Crippen molar-refractivity contribution in [2.24, 2.45) is 0 Å². The monoisotopic (exact) mass is 82.0 g/mol. The van der Waals surface area contributed by atoms with Gasteiger partial charge in [-0.3, -0.25) is 0 Å². The molecule has 0 amide bonds. The van der Waals surface area contributed by atoms with Crippen LogP contribution in [0.25, 0.3) is 0 Å². The first-order valence-electron chi connectivity index (χ1n) is 1.85. The third kappa shape index (κ3) is 4.44. The van der Waals surface area contributed by atoms with Gasteiger partial charge in [-0.2, -0.15) is 0 Å². The number of rotatable bonds is 2. The van der Waals surface area contributed by atoms with Crippen LogP contribution in [0, 0.1) is 0 Å². The van der Waals surface area contributed by atoms with Crippen LogP contribution in [0.1, 0.15) is 6.92 Å². The summed E-state index contributed by atoms with van der Waals surface area (Å²) < 4.78 is 2.18. The summed E-state index contributed by atoms with van der Waals surface area (Å²) in [4.78, 5) is 9.47. The maximum absolute atomic E-state index is 9.47. The molecule has 0 saturated heterocycles. The molecule has 0 bridgehead atoms. The van der Waals surface area contributed by atoms with Crippen LogP contribution in [-0.4, -0.2) is 24.8 Å². The average Bonchev–Trinajstić information content (AvgIpc) is 1.41. The predicted octanol–water partition coefficient (Wildman–Crippen LogP) is 0.319. The van der Waals surface area contributed by atoms with Crippen LogP contribution in [0.3, 0.4) is 0 Å². The highest BCUT2D eigenvalue weighted by atomic mass is 24.5. The molecule has 0 spiro atoms. The quantitative estimate of drug-likeness (QED) is 0.346. The van der Waals surface area contributed by atoms with E-state index in [1.54, 1.807) is 0 Å². The zero-order valence-corrected chi connectivity index (χ0v) is 4.81. The van der Waals surface area contributed by atoms with Gasteiger partial charge in [0.25, 0.3) is 0 Å². The molecule has 0 heterocycles. The topological polar surface area (TPSA) is 17.1 Å². The first kappa shape index (κ1) is 5.44. The maximum atomic E-state index is 9.47. The first-order valence-corrected chi connectivity index (χ1v) is 3.67. The molecule has 26 valence electrons. The van der Waals surface area contributed by atoms with Crippen LogP contribution in [0.15, 0.2) is 0 Å². The third-order valence-corrected chi connectivity index (χ3v) is 1.22. The van der Waals surface area contributed by atoms with Crippen molar-refractivity contribution in [1.29, 1.82) is 0 Å². The molecular weight excluding hydrogens is 76.3 g/mol. The average molecular weight is 82.4 g/mol. The van der Waals surface area contributed by atoms with Crippen molar-refractivity contribution in [3.05, 3.63) is 0 Å². The predicted molar refractivity (Wildman–Crippen MR) is 23.0 cm³/mol. The van der Waals surface area contributed by atoms with Gasteiger partial charge in [0.1, 0.15) is 0 Å². The molecule has 5 heavy (non-hydrogen) atoms. The molecule has 0 fully saturated rings. The minimum Gasteiger partial charge on any atom is -0.340 e. The van der Waals surface area contributed by atoms with Gasteiger partial charge in [0, 0.05) is 0 Å². The SMILES string of the molecule is C[CH2][Mg][CH]=O. The van der Waals surface area contributed by atoms with Crippen molar-refractivity contribution in [2.45, 2.75) is 11.5 Å². The molecule has 1 nitrogen and oxygen atoms in total. The zero-order valence-electron chi connectivity index (χ0n) is 3.40. The van der Waals surface area contributed by atoms with E-state index in [4.69, 9.17) is 0 Å². The summed E-state index contributed by atoms with van der Waals surface area (Å²) in [6.45, 7) is 2.04. The molecule has 0 aromatic carbocycles. The van der Waals surface area contributed by atoms with Crippen molar-refractivity contribution in [2.75, 3.05) is 0 Å². The molecule has 0 aliphatic rings. The Bertz CT molecular complexity index is 28.1. The van der Waals surface area contributed by atoms with E-state index in [0.717, 1.165) is 8.97 Å². The van der Waals surface area contributed by atoms with Gasteiger partial charge in [-0.1, -0.05) is 6.92 Å². The number of hydrogen-bond acceptors (Lipinski definition) is 1. The van der Waals surface area contributed by atoms with Gasteiger partial charge in [-0.05, 0) is 4.42 Å². The number of carbonyl (C=O) groups is 1. The third-order valence-electron chi connectivity index (χ3n) is 0.407. The van der Waals surface area contributed by atoms with E-state index in [1.807, 2.05) is 6.92 Å². The Morgan fingerprint density at radius 2 is 2.60 bits per heavy atom. The Morgan fingerprint density at radius 3 is 2.60 bits per heavy atom. The summed E-state index contributed by atoms with van der Waals surface area (Å²) in [5.74, 6) is 0. The second-order valence-electron chi connectivity index (χ2n) is 0.955. The fourth-order valence-corrected chi connectivity index (χ4v) is 0.354. The molecular formula is C3H6MgO. The lowest BCUT2D eigenvalue weighted by Crippen LogP contribution is -1.83. The lowest BCUT2D eigenvalue weighted by atomic mass is 11.0. The van der Waals surface area contributed by atoms with Gasteiger partial charge in [0.15, 0.2) is 0 Å². The molecule has 0 aliphatic heterocycles. The van der Waals surface area contributed by atoms with Crippen molar-refractivity contribution in [3.63, 3.8) is 0 Å². The summed E-state index contributed by atoms with van der Waals surface area (Å²) in [6, 6.07) is 0. The first-order chi connectivity index (χ1) is 2.41. The van der Waals surface area contributed by atoms with Crippen molar-refractivity contribution < 1.29 is 4.79 Å². The summed E-state index contributed by atoms with van der Waals surface area (Å²) in [5.41, 5.74) is 0. The Labute approximate surface area is 41.5 Å². The van der Waals surface area contributed by atoms with Crippen LogP contribution in [0.5, 0.6) is 0 Å². The van der Waals surface area contributed by atoms with E-state index in [9.17, 15) is 4.79 Å². The maximum Gasteiger partial charge on any atom is 0.462 e. The fraction of sp³-hybridized carbons (Fsp3) is 0.667. The highest BCUT2D eigenvalue weighted by Crippen LogP contribution is 1.62.